The van der Waals surface area contributed by atoms with Gasteiger partial charge >= 0.3 is 0 Å². The van der Waals surface area contributed by atoms with Crippen molar-refractivity contribution < 1.29 is 4.21 Å². The number of benzene rings is 1. The Morgan fingerprint density at radius 1 is 1.22 bits per heavy atom. The number of nitrogens with two attached hydrogens (primary N) is 1. The number of hydrogen-bond donors (Lipinski definition) is 1. The molecule has 1 heterocycles. The summed E-state index contributed by atoms with van der Waals surface area (Å²) in [6.07, 6.45) is 3.43. The molecule has 2 rings (SSSR count). The molecular formula is C13H21N3OS. The molecule has 2 N–H and O–H groups in total. The molecule has 0 aliphatic carbocycles. The third-order valence-corrected chi connectivity index (χ3v) is 5.82. The van der Waals surface area contributed by atoms with Crippen LogP contribution in [-0.4, -0.2) is 28.7 Å². The molecule has 5 heteroatoms. The fraction of sp³-hybridized carbons (Fsp3) is 0.538. The second-order valence-electron chi connectivity index (χ2n) is 4.52. The fourth-order valence-corrected chi connectivity index (χ4v) is 4.27. The third kappa shape index (κ3) is 2.58. The van der Waals surface area contributed by atoms with E-state index in [1.165, 1.54) is 6.42 Å². The molecule has 18 heavy (non-hydrogen) atoms. The zero-order valence-electron chi connectivity index (χ0n) is 10.8. The maximum Gasteiger partial charge on any atom is 0.139 e. The molecule has 0 saturated carbocycles. The summed E-state index contributed by atoms with van der Waals surface area (Å²) < 4.78 is 19.3. The molecule has 4 nitrogen and oxygen atoms in total. The van der Waals surface area contributed by atoms with Gasteiger partial charge in [0.25, 0.3) is 0 Å². The molecule has 1 atom stereocenters. The van der Waals surface area contributed by atoms with Crippen LogP contribution in [0.4, 0.5) is 0 Å². The average Bonchev–Trinajstić information content (AvgIpc) is 2.47. The highest BCUT2D eigenvalue weighted by molar-refractivity contribution is 7.91. The summed E-state index contributed by atoms with van der Waals surface area (Å²) in [6.45, 7) is 2.25. The van der Waals surface area contributed by atoms with Crippen LogP contribution in [0.3, 0.4) is 0 Å². The first-order chi connectivity index (χ1) is 8.70. The number of rotatable bonds is 3. The fourth-order valence-electron chi connectivity index (χ4n) is 2.29. The Morgan fingerprint density at radius 2 is 1.83 bits per heavy atom. The molecule has 1 unspecified atom stereocenters. The summed E-state index contributed by atoms with van der Waals surface area (Å²) in [7, 11) is -0.768. The third-order valence-electron chi connectivity index (χ3n) is 3.38. The topological polar surface area (TPSA) is 58.7 Å². The van der Waals surface area contributed by atoms with Crippen molar-refractivity contribution in [3.8, 4) is 0 Å². The lowest BCUT2D eigenvalue weighted by atomic mass is 10.2. The minimum atomic E-state index is -2.41. The summed E-state index contributed by atoms with van der Waals surface area (Å²) in [5.41, 5.74) is 6.63. The van der Waals surface area contributed by atoms with Crippen molar-refractivity contribution in [1.29, 1.82) is 0 Å². The Balaban J connectivity index is 2.33. The van der Waals surface area contributed by atoms with Crippen LogP contribution in [0, 0.1) is 0 Å². The zero-order chi connectivity index (χ0) is 13.0. The molecular weight excluding hydrogens is 246 g/mol. The predicted molar refractivity (Wildman–Crippen MR) is 74.5 cm³/mol. The summed E-state index contributed by atoms with van der Waals surface area (Å²) in [5, 5.41) is 0. The molecule has 0 radical (unpaired) electrons. The van der Waals surface area contributed by atoms with E-state index in [4.69, 9.17) is 5.73 Å². The van der Waals surface area contributed by atoms with Gasteiger partial charge in [0.15, 0.2) is 0 Å². The van der Waals surface area contributed by atoms with Crippen LogP contribution in [0.5, 0.6) is 0 Å². The molecule has 0 bridgehead atoms. The highest BCUT2D eigenvalue weighted by Gasteiger charge is 2.23. The van der Waals surface area contributed by atoms with Crippen LogP contribution in [0.1, 0.15) is 24.8 Å². The van der Waals surface area contributed by atoms with Crippen molar-refractivity contribution in [1.82, 2.24) is 4.31 Å². The van der Waals surface area contributed by atoms with Gasteiger partial charge in [0, 0.05) is 26.7 Å². The van der Waals surface area contributed by atoms with Crippen molar-refractivity contribution in [2.24, 2.45) is 10.1 Å². The lowest BCUT2D eigenvalue weighted by molar-refractivity contribution is 0.361. The van der Waals surface area contributed by atoms with Gasteiger partial charge in [-0.25, -0.2) is 12.9 Å². The molecule has 100 valence electrons. The van der Waals surface area contributed by atoms with E-state index in [0.29, 0.717) is 6.54 Å². The van der Waals surface area contributed by atoms with Crippen LogP contribution in [0.2, 0.25) is 0 Å². The van der Waals surface area contributed by atoms with Crippen molar-refractivity contribution in [3.63, 3.8) is 0 Å². The maximum atomic E-state index is 13.0. The summed E-state index contributed by atoms with van der Waals surface area (Å²) >= 11 is 0. The van der Waals surface area contributed by atoms with Gasteiger partial charge in [-0.1, -0.05) is 18.6 Å². The Kier molecular flexibility index (Phi) is 4.37. The molecule has 1 aliphatic rings. The first kappa shape index (κ1) is 13.5. The van der Waals surface area contributed by atoms with Gasteiger partial charge < -0.3 is 5.73 Å². The van der Waals surface area contributed by atoms with Crippen molar-refractivity contribution in [3.05, 3.63) is 29.8 Å². The van der Waals surface area contributed by atoms with Crippen LogP contribution in [-0.2, 0) is 16.5 Å². The molecule has 1 saturated heterocycles. The van der Waals surface area contributed by atoms with E-state index in [1.807, 2.05) is 28.6 Å². The molecule has 0 amide bonds. The maximum absolute atomic E-state index is 13.0. The normalized spacial score (nSPS) is 20.3. The SMILES string of the molecule is CN=S(=O)(c1ccc(CN)cc1)N1CCCCC1. The van der Waals surface area contributed by atoms with Crippen LogP contribution in [0.15, 0.2) is 33.5 Å². The average molecular weight is 267 g/mol. The van der Waals surface area contributed by atoms with Crippen LogP contribution >= 0.6 is 0 Å². The van der Waals surface area contributed by atoms with E-state index >= 15 is 0 Å². The minimum absolute atomic E-state index is 0.508. The predicted octanol–water partition coefficient (Wildman–Crippen LogP) is 2.00. The van der Waals surface area contributed by atoms with Crippen molar-refractivity contribution in [2.45, 2.75) is 30.7 Å². The van der Waals surface area contributed by atoms with Gasteiger partial charge in [-0.05, 0) is 30.5 Å². The van der Waals surface area contributed by atoms with Crippen molar-refractivity contribution in [2.75, 3.05) is 20.1 Å². The molecule has 0 spiro atoms. The first-order valence-electron chi connectivity index (χ1n) is 6.40. The molecule has 1 aromatic carbocycles. The van der Waals surface area contributed by atoms with Crippen LogP contribution < -0.4 is 5.73 Å². The highest BCUT2D eigenvalue weighted by Crippen LogP contribution is 2.22. The number of piperidine rings is 1. The molecule has 1 aromatic rings. The largest absolute Gasteiger partial charge is 0.326 e. The summed E-state index contributed by atoms with van der Waals surface area (Å²) in [6, 6.07) is 7.66. The smallest absolute Gasteiger partial charge is 0.139 e. The van der Waals surface area contributed by atoms with E-state index in [-0.39, 0.29) is 0 Å². The van der Waals surface area contributed by atoms with Crippen LogP contribution in [0.25, 0.3) is 0 Å². The Hall–Kier alpha value is -0.910. The molecule has 0 aromatic heterocycles. The van der Waals surface area contributed by atoms with Gasteiger partial charge in [0.2, 0.25) is 0 Å². The quantitative estimate of drug-likeness (QED) is 0.910. The Bertz CT molecular complexity index is 497. The second kappa shape index (κ2) is 5.82. The zero-order valence-corrected chi connectivity index (χ0v) is 11.7. The second-order valence-corrected chi connectivity index (χ2v) is 6.86. The van der Waals surface area contributed by atoms with Gasteiger partial charge in [0.1, 0.15) is 9.92 Å². The van der Waals surface area contributed by atoms with Gasteiger partial charge in [-0.3, -0.25) is 0 Å². The standard InChI is InChI=1S/C13H21N3OS/c1-15-18(17,16-9-3-2-4-10-16)13-7-5-12(11-14)6-8-13/h5-8H,2-4,9-11,14H2,1H3. The monoisotopic (exact) mass is 267 g/mol. The Morgan fingerprint density at radius 3 is 2.33 bits per heavy atom. The van der Waals surface area contributed by atoms with E-state index in [2.05, 4.69) is 4.36 Å². The summed E-state index contributed by atoms with van der Waals surface area (Å²) in [5.74, 6) is 0. The van der Waals surface area contributed by atoms with E-state index in [0.717, 1.165) is 36.4 Å². The van der Waals surface area contributed by atoms with Gasteiger partial charge in [0.05, 0.1) is 4.90 Å². The van der Waals surface area contributed by atoms with Gasteiger partial charge in [-0.2, -0.15) is 0 Å². The van der Waals surface area contributed by atoms with Crippen molar-refractivity contribution >= 4 is 9.92 Å². The van der Waals surface area contributed by atoms with Gasteiger partial charge in [-0.15, -0.1) is 0 Å². The minimum Gasteiger partial charge on any atom is -0.326 e. The van der Waals surface area contributed by atoms with E-state index in [1.54, 1.807) is 7.05 Å². The lowest BCUT2D eigenvalue weighted by Gasteiger charge is -2.29. The lowest BCUT2D eigenvalue weighted by Crippen LogP contribution is -2.35. The highest BCUT2D eigenvalue weighted by atomic mass is 32.2. The number of nitrogens with zero attached hydrogens (tertiary/aromatic N) is 2. The molecule has 1 aliphatic heterocycles. The van der Waals surface area contributed by atoms with E-state index < -0.39 is 9.92 Å². The number of hydrogen-bond acceptors (Lipinski definition) is 3. The summed E-state index contributed by atoms with van der Waals surface area (Å²) in [4.78, 5) is 0.795. The van der Waals surface area contributed by atoms with E-state index in [9.17, 15) is 4.21 Å². The first-order valence-corrected chi connectivity index (χ1v) is 7.87. The Labute approximate surface area is 109 Å². The molecule has 1 fully saturated rings.